The van der Waals surface area contributed by atoms with Crippen LogP contribution in [0.25, 0.3) is 0 Å². The van der Waals surface area contributed by atoms with Gasteiger partial charge in [0.05, 0.1) is 4.88 Å². The maximum absolute atomic E-state index is 12.5. The van der Waals surface area contributed by atoms with E-state index >= 15 is 0 Å². The van der Waals surface area contributed by atoms with Gasteiger partial charge in [0, 0.05) is 6.07 Å². The van der Waals surface area contributed by atoms with Crippen molar-refractivity contribution >= 4 is 22.5 Å². The average molecular weight is 270 g/mol. The summed E-state index contributed by atoms with van der Waals surface area (Å²) in [5, 5.41) is 0. The van der Waals surface area contributed by atoms with Crippen molar-refractivity contribution in [1.82, 2.24) is 0 Å². The van der Waals surface area contributed by atoms with Gasteiger partial charge >= 0.3 is 6.18 Å². The third kappa shape index (κ3) is 2.93. The van der Waals surface area contributed by atoms with E-state index in [-0.39, 0.29) is 5.92 Å². The van der Waals surface area contributed by atoms with E-state index in [2.05, 4.69) is 0 Å². The van der Waals surface area contributed by atoms with Crippen LogP contribution >= 0.6 is 11.3 Å². The highest BCUT2D eigenvalue weighted by Crippen LogP contribution is 2.41. The molecule has 92 valence electrons. The Bertz CT molecular complexity index is 357. The van der Waals surface area contributed by atoms with Crippen LogP contribution in [0.1, 0.15) is 36.4 Å². The first kappa shape index (κ1) is 13.9. The van der Waals surface area contributed by atoms with Gasteiger partial charge in [-0.05, 0) is 24.0 Å². The van der Waals surface area contributed by atoms with Crippen LogP contribution in [0.3, 0.4) is 0 Å². The molecular formula is C10H13F3OS2. The Hall–Kier alpha value is -0.200. The molecule has 1 aromatic heterocycles. The molecular weight excluding hydrogens is 257 g/mol. The van der Waals surface area contributed by atoms with Gasteiger partial charge in [-0.25, -0.2) is 0 Å². The molecule has 0 bridgehead atoms. The molecule has 0 fully saturated rings. The highest BCUT2D eigenvalue weighted by Gasteiger charge is 2.36. The second-order valence-electron chi connectivity index (χ2n) is 3.63. The van der Waals surface area contributed by atoms with Gasteiger partial charge in [-0.1, -0.05) is 13.8 Å². The number of hydrogen-bond donors (Lipinski definition) is 0. The summed E-state index contributed by atoms with van der Waals surface area (Å²) in [6.45, 7) is 5.32. The van der Waals surface area contributed by atoms with Gasteiger partial charge in [0.15, 0.2) is 4.90 Å². The molecule has 1 nitrogen and oxygen atoms in total. The van der Waals surface area contributed by atoms with E-state index in [9.17, 15) is 17.7 Å². The van der Waals surface area contributed by atoms with Gasteiger partial charge in [-0.15, -0.1) is 11.3 Å². The lowest BCUT2D eigenvalue weighted by Gasteiger charge is -2.09. The van der Waals surface area contributed by atoms with E-state index in [1.54, 1.807) is 6.92 Å². The zero-order valence-electron chi connectivity index (χ0n) is 9.22. The molecule has 1 atom stereocenters. The summed E-state index contributed by atoms with van der Waals surface area (Å²) in [5.74, 6) is 0.305. The van der Waals surface area contributed by atoms with Crippen molar-refractivity contribution in [2.75, 3.05) is 5.75 Å². The van der Waals surface area contributed by atoms with Gasteiger partial charge in [0.2, 0.25) is 0 Å². The van der Waals surface area contributed by atoms with Crippen molar-refractivity contribution in [2.24, 2.45) is 0 Å². The maximum Gasteiger partial charge on any atom is 0.425 e. The average Bonchev–Trinajstić information content (AvgIpc) is 2.60. The number of halogens is 3. The lowest BCUT2D eigenvalue weighted by Crippen LogP contribution is -2.06. The fourth-order valence-electron chi connectivity index (χ4n) is 1.26. The van der Waals surface area contributed by atoms with Crippen LogP contribution in [0, 0.1) is 0 Å². The van der Waals surface area contributed by atoms with Crippen molar-refractivity contribution in [3.63, 3.8) is 0 Å². The van der Waals surface area contributed by atoms with Crippen LogP contribution < -0.4 is 0 Å². The minimum absolute atomic E-state index is 0.0356. The standard InChI is InChI=1S/C10H13F3OS2/c1-4-16(14)7-5-8(10(11,12)13)15-9(7)6(2)3/h5-6H,4H2,1-3H3. The molecule has 0 N–H and O–H groups in total. The summed E-state index contributed by atoms with van der Waals surface area (Å²) in [4.78, 5) is 0.260. The molecule has 0 saturated carbocycles. The molecule has 0 aromatic carbocycles. The van der Waals surface area contributed by atoms with E-state index in [0.29, 0.717) is 26.9 Å². The summed E-state index contributed by atoms with van der Waals surface area (Å²) in [7, 11) is 0. The summed E-state index contributed by atoms with van der Waals surface area (Å²) in [6.07, 6.45) is -4.34. The zero-order chi connectivity index (χ0) is 12.5. The molecule has 0 radical (unpaired) electrons. The summed E-state index contributed by atoms with van der Waals surface area (Å²) in [6, 6.07) is 1.03. The Morgan fingerprint density at radius 3 is 2.38 bits per heavy atom. The van der Waals surface area contributed by atoms with Crippen LogP contribution in [0.2, 0.25) is 0 Å². The largest absolute Gasteiger partial charge is 0.611 e. The second kappa shape index (κ2) is 4.98. The van der Waals surface area contributed by atoms with Crippen molar-refractivity contribution in [3.05, 3.63) is 15.8 Å². The lowest BCUT2D eigenvalue weighted by molar-refractivity contribution is -0.134. The molecule has 1 aromatic rings. The molecule has 1 heterocycles. The van der Waals surface area contributed by atoms with Crippen molar-refractivity contribution in [3.8, 4) is 0 Å². The molecule has 0 saturated heterocycles. The molecule has 0 spiro atoms. The third-order valence-electron chi connectivity index (χ3n) is 2.04. The minimum Gasteiger partial charge on any atom is -0.611 e. The molecule has 0 amide bonds. The van der Waals surface area contributed by atoms with Crippen molar-refractivity contribution in [2.45, 2.75) is 37.8 Å². The third-order valence-corrected chi connectivity index (χ3v) is 5.00. The molecule has 1 rings (SSSR count). The monoisotopic (exact) mass is 270 g/mol. The molecule has 1 unspecified atom stereocenters. The van der Waals surface area contributed by atoms with Crippen LogP contribution in [-0.4, -0.2) is 10.3 Å². The quantitative estimate of drug-likeness (QED) is 0.761. The van der Waals surface area contributed by atoms with Crippen molar-refractivity contribution in [1.29, 1.82) is 0 Å². The topological polar surface area (TPSA) is 23.1 Å². The van der Waals surface area contributed by atoms with Crippen LogP contribution in [0.15, 0.2) is 11.0 Å². The van der Waals surface area contributed by atoms with E-state index in [0.717, 1.165) is 6.07 Å². The normalized spacial score (nSPS) is 14.5. The van der Waals surface area contributed by atoms with Gasteiger partial charge in [-0.2, -0.15) is 13.2 Å². The summed E-state index contributed by atoms with van der Waals surface area (Å²) in [5.41, 5.74) is 0. The van der Waals surface area contributed by atoms with Gasteiger partial charge < -0.3 is 4.55 Å². The molecule has 6 heteroatoms. The van der Waals surface area contributed by atoms with Gasteiger partial charge in [0.1, 0.15) is 10.6 Å². The summed E-state index contributed by atoms with van der Waals surface area (Å²) < 4.78 is 49.2. The van der Waals surface area contributed by atoms with E-state index in [4.69, 9.17) is 0 Å². The molecule has 0 aliphatic heterocycles. The fraction of sp³-hybridized carbons (Fsp3) is 0.600. The SMILES string of the molecule is CC[S+]([O-])c1cc(C(F)(F)F)sc1C(C)C. The van der Waals surface area contributed by atoms with E-state index in [1.807, 2.05) is 13.8 Å². The second-order valence-corrected chi connectivity index (χ2v) is 6.42. The Labute approximate surface area is 99.9 Å². The van der Waals surface area contributed by atoms with E-state index in [1.165, 1.54) is 0 Å². The number of thiophene rings is 1. The van der Waals surface area contributed by atoms with Gasteiger partial charge in [0.25, 0.3) is 0 Å². The fourth-order valence-corrected chi connectivity index (χ4v) is 3.69. The maximum atomic E-state index is 12.5. The zero-order valence-corrected chi connectivity index (χ0v) is 10.9. The number of hydrogen-bond acceptors (Lipinski definition) is 2. The smallest absolute Gasteiger partial charge is 0.425 e. The Kier molecular flexibility index (Phi) is 4.31. The highest BCUT2D eigenvalue weighted by atomic mass is 32.2. The van der Waals surface area contributed by atoms with Gasteiger partial charge in [-0.3, -0.25) is 0 Å². The first-order valence-electron chi connectivity index (χ1n) is 4.86. The Balaban J connectivity index is 3.20. The first-order chi connectivity index (χ1) is 7.27. The van der Waals surface area contributed by atoms with Crippen molar-refractivity contribution < 1.29 is 17.7 Å². The predicted octanol–water partition coefficient (Wildman–Crippen LogP) is 4.02. The number of alkyl halides is 3. The van der Waals surface area contributed by atoms with Crippen LogP contribution in [0.4, 0.5) is 13.2 Å². The molecule has 0 aliphatic carbocycles. The molecule has 0 aliphatic rings. The number of rotatable bonds is 3. The van der Waals surface area contributed by atoms with E-state index < -0.39 is 22.2 Å². The lowest BCUT2D eigenvalue weighted by atomic mass is 10.2. The first-order valence-corrected chi connectivity index (χ1v) is 7.00. The predicted molar refractivity (Wildman–Crippen MR) is 60.4 cm³/mol. The highest BCUT2D eigenvalue weighted by molar-refractivity contribution is 7.91. The Morgan fingerprint density at radius 2 is 2.00 bits per heavy atom. The molecule has 16 heavy (non-hydrogen) atoms. The van der Waals surface area contributed by atoms with Crippen LogP contribution in [-0.2, 0) is 17.4 Å². The summed E-state index contributed by atoms with van der Waals surface area (Å²) >= 11 is -0.626. The Morgan fingerprint density at radius 1 is 1.44 bits per heavy atom. The minimum atomic E-state index is -4.34. The van der Waals surface area contributed by atoms with Crippen LogP contribution in [0.5, 0.6) is 0 Å².